The number of nitrogens with zero attached hydrogens (tertiary/aromatic N) is 3. The first kappa shape index (κ1) is 17.9. The number of nitrogens with one attached hydrogen (secondary N) is 3. The van der Waals surface area contributed by atoms with Crippen molar-refractivity contribution in [2.45, 2.75) is 6.42 Å². The molecule has 2 heterocycles. The molecule has 0 aliphatic carbocycles. The van der Waals surface area contributed by atoms with E-state index < -0.39 is 11.9 Å². The van der Waals surface area contributed by atoms with E-state index in [0.29, 0.717) is 16.9 Å². The van der Waals surface area contributed by atoms with Crippen molar-refractivity contribution in [2.75, 3.05) is 12.4 Å². The van der Waals surface area contributed by atoms with E-state index in [0.717, 1.165) is 0 Å². The zero-order chi connectivity index (χ0) is 19.4. The van der Waals surface area contributed by atoms with Gasteiger partial charge in [-0.3, -0.25) is 10.2 Å². The second-order valence-electron chi connectivity index (χ2n) is 5.47. The molecule has 0 saturated heterocycles. The van der Waals surface area contributed by atoms with Crippen LogP contribution in [0.25, 0.3) is 5.65 Å². The molecule has 1 aromatic carbocycles. The highest BCUT2D eigenvalue weighted by Gasteiger charge is 2.15. The van der Waals surface area contributed by atoms with Gasteiger partial charge in [0, 0.05) is 12.7 Å². The van der Waals surface area contributed by atoms with Gasteiger partial charge in [0.05, 0.1) is 17.7 Å². The SMILES string of the molecule is CNC(=N)Nc1ccc(C(=O)Oc2ccc(CC(=O)O)n3ncnc23)cc1. The first-order chi connectivity index (χ1) is 13.0. The molecule has 0 radical (unpaired) electrons. The first-order valence-electron chi connectivity index (χ1n) is 7.87. The Morgan fingerprint density at radius 3 is 2.63 bits per heavy atom. The number of hydrogen-bond donors (Lipinski definition) is 4. The molecule has 0 aliphatic heterocycles. The number of carboxylic acid groups (broad SMARTS) is 1. The number of hydrogen-bond acceptors (Lipinski definition) is 6. The van der Waals surface area contributed by atoms with Crippen LogP contribution < -0.4 is 15.4 Å². The largest absolute Gasteiger partial charge is 0.481 e. The van der Waals surface area contributed by atoms with E-state index in [1.807, 2.05) is 0 Å². The maximum atomic E-state index is 12.4. The zero-order valence-electron chi connectivity index (χ0n) is 14.3. The third kappa shape index (κ3) is 4.00. The van der Waals surface area contributed by atoms with Gasteiger partial charge in [0.25, 0.3) is 0 Å². The number of guanidine groups is 1. The minimum absolute atomic E-state index is 0.126. The van der Waals surface area contributed by atoms with Gasteiger partial charge in [-0.25, -0.2) is 14.3 Å². The summed E-state index contributed by atoms with van der Waals surface area (Å²) >= 11 is 0. The molecule has 138 valence electrons. The number of carboxylic acids is 1. The van der Waals surface area contributed by atoms with Gasteiger partial charge in [-0.2, -0.15) is 5.10 Å². The summed E-state index contributed by atoms with van der Waals surface area (Å²) in [6.45, 7) is 0. The topological polar surface area (TPSA) is 142 Å². The summed E-state index contributed by atoms with van der Waals surface area (Å²) in [5.74, 6) is -1.30. The average Bonchev–Trinajstić information content (AvgIpc) is 3.14. The number of esters is 1. The van der Waals surface area contributed by atoms with E-state index in [4.69, 9.17) is 15.3 Å². The van der Waals surface area contributed by atoms with Gasteiger partial charge >= 0.3 is 11.9 Å². The first-order valence-corrected chi connectivity index (χ1v) is 7.87. The van der Waals surface area contributed by atoms with E-state index in [-0.39, 0.29) is 23.8 Å². The molecule has 10 nitrogen and oxygen atoms in total. The van der Waals surface area contributed by atoms with Crippen LogP contribution in [0.15, 0.2) is 42.7 Å². The predicted molar refractivity (Wildman–Crippen MR) is 96.1 cm³/mol. The molecule has 10 heteroatoms. The van der Waals surface area contributed by atoms with Crippen molar-refractivity contribution < 1.29 is 19.4 Å². The minimum atomic E-state index is -1.00. The molecule has 0 saturated carbocycles. The summed E-state index contributed by atoms with van der Waals surface area (Å²) in [6.07, 6.45) is 1.03. The Morgan fingerprint density at radius 1 is 1.22 bits per heavy atom. The van der Waals surface area contributed by atoms with E-state index in [1.54, 1.807) is 31.3 Å². The Morgan fingerprint density at radius 2 is 1.96 bits per heavy atom. The van der Waals surface area contributed by atoms with E-state index in [2.05, 4.69) is 20.7 Å². The van der Waals surface area contributed by atoms with Crippen molar-refractivity contribution in [1.82, 2.24) is 19.9 Å². The zero-order valence-corrected chi connectivity index (χ0v) is 14.3. The molecule has 0 atom stereocenters. The van der Waals surface area contributed by atoms with Crippen LogP contribution in [-0.2, 0) is 11.2 Å². The van der Waals surface area contributed by atoms with Gasteiger partial charge in [0.1, 0.15) is 6.33 Å². The minimum Gasteiger partial charge on any atom is -0.481 e. The molecular formula is C17H16N6O4. The smallest absolute Gasteiger partial charge is 0.343 e. The highest BCUT2D eigenvalue weighted by Crippen LogP contribution is 2.21. The van der Waals surface area contributed by atoms with Gasteiger partial charge in [-0.15, -0.1) is 0 Å². The number of carbonyl (C=O) groups excluding carboxylic acids is 1. The highest BCUT2D eigenvalue weighted by molar-refractivity contribution is 5.94. The molecule has 0 amide bonds. The Kier molecular flexibility index (Phi) is 4.97. The predicted octanol–water partition coefficient (Wildman–Crippen LogP) is 1.14. The summed E-state index contributed by atoms with van der Waals surface area (Å²) in [6, 6.07) is 9.43. The van der Waals surface area contributed by atoms with E-state index in [9.17, 15) is 9.59 Å². The summed E-state index contributed by atoms with van der Waals surface area (Å²) in [7, 11) is 1.62. The van der Waals surface area contributed by atoms with Crippen molar-refractivity contribution >= 4 is 29.2 Å². The molecule has 2 aromatic heterocycles. The van der Waals surface area contributed by atoms with Crippen LogP contribution >= 0.6 is 0 Å². The van der Waals surface area contributed by atoms with Gasteiger partial charge in [-0.05, 0) is 36.4 Å². The second kappa shape index (κ2) is 7.52. The van der Waals surface area contributed by atoms with Crippen molar-refractivity contribution in [3.8, 4) is 5.75 Å². The number of benzene rings is 1. The maximum Gasteiger partial charge on any atom is 0.343 e. The molecular weight excluding hydrogens is 352 g/mol. The van der Waals surface area contributed by atoms with Crippen LogP contribution in [0, 0.1) is 5.41 Å². The van der Waals surface area contributed by atoms with Crippen LogP contribution in [0.4, 0.5) is 5.69 Å². The number of ether oxygens (including phenoxy) is 1. The fourth-order valence-electron chi connectivity index (χ4n) is 2.36. The lowest BCUT2D eigenvalue weighted by Crippen LogP contribution is -2.25. The van der Waals surface area contributed by atoms with E-state index in [1.165, 1.54) is 23.0 Å². The van der Waals surface area contributed by atoms with Crippen molar-refractivity contribution in [3.05, 3.63) is 54.0 Å². The van der Waals surface area contributed by atoms with Gasteiger partial charge in [-0.1, -0.05) is 0 Å². The highest BCUT2D eigenvalue weighted by atomic mass is 16.5. The van der Waals surface area contributed by atoms with E-state index >= 15 is 0 Å². The van der Waals surface area contributed by atoms with Crippen LogP contribution in [0.2, 0.25) is 0 Å². The number of carbonyl (C=O) groups is 2. The Bertz CT molecular complexity index is 1010. The maximum absolute atomic E-state index is 12.4. The number of aliphatic carboxylic acids is 1. The Hall–Kier alpha value is -3.95. The fraction of sp³-hybridized carbons (Fsp3) is 0.118. The van der Waals surface area contributed by atoms with Gasteiger partial charge in [0.15, 0.2) is 17.4 Å². The number of anilines is 1. The van der Waals surface area contributed by atoms with Gasteiger partial charge in [0.2, 0.25) is 0 Å². The quantitative estimate of drug-likeness (QED) is 0.298. The summed E-state index contributed by atoms with van der Waals surface area (Å²) < 4.78 is 6.72. The van der Waals surface area contributed by atoms with Crippen LogP contribution in [-0.4, -0.2) is 44.7 Å². The number of fused-ring (bicyclic) bond motifs is 1. The van der Waals surface area contributed by atoms with Crippen molar-refractivity contribution in [3.63, 3.8) is 0 Å². The molecule has 0 unspecified atom stereocenters. The monoisotopic (exact) mass is 368 g/mol. The van der Waals surface area contributed by atoms with Crippen LogP contribution in [0.1, 0.15) is 16.1 Å². The fourth-order valence-corrected chi connectivity index (χ4v) is 2.36. The van der Waals surface area contributed by atoms with Crippen LogP contribution in [0.3, 0.4) is 0 Å². The lowest BCUT2D eigenvalue weighted by Gasteiger charge is -2.09. The molecule has 0 bridgehead atoms. The normalized spacial score (nSPS) is 10.4. The summed E-state index contributed by atoms with van der Waals surface area (Å²) in [4.78, 5) is 27.3. The molecule has 3 rings (SSSR count). The Balaban J connectivity index is 1.79. The average molecular weight is 368 g/mol. The molecule has 0 aliphatic rings. The number of rotatable bonds is 5. The third-order valence-corrected chi connectivity index (χ3v) is 3.64. The molecule has 27 heavy (non-hydrogen) atoms. The molecule has 3 aromatic rings. The van der Waals surface area contributed by atoms with Crippen LogP contribution in [0.5, 0.6) is 5.75 Å². The Labute approximate surface area is 153 Å². The molecule has 4 N–H and O–H groups in total. The lowest BCUT2D eigenvalue weighted by atomic mass is 10.2. The molecule has 0 fully saturated rings. The number of aromatic nitrogens is 3. The standard InChI is InChI=1S/C17H16N6O4/c1-19-17(18)22-11-4-2-10(3-5-11)16(26)27-13-7-6-12(8-14(24)25)23-15(13)20-9-21-23/h2-7,9H,8H2,1H3,(H,24,25)(H3,18,19,22). The second-order valence-corrected chi connectivity index (χ2v) is 5.47. The van der Waals surface area contributed by atoms with Crippen molar-refractivity contribution in [1.29, 1.82) is 5.41 Å². The number of pyridine rings is 1. The third-order valence-electron chi connectivity index (χ3n) is 3.64. The summed E-state index contributed by atoms with van der Waals surface area (Å²) in [5, 5.41) is 25.9. The summed E-state index contributed by atoms with van der Waals surface area (Å²) in [5.41, 5.74) is 1.62. The lowest BCUT2D eigenvalue weighted by molar-refractivity contribution is -0.136. The van der Waals surface area contributed by atoms with Gasteiger partial charge < -0.3 is 20.5 Å². The molecule has 0 spiro atoms. The van der Waals surface area contributed by atoms with Crippen molar-refractivity contribution in [2.24, 2.45) is 0 Å².